The van der Waals surface area contributed by atoms with Gasteiger partial charge in [0.15, 0.2) is 9.84 Å². The molecule has 0 radical (unpaired) electrons. The molecule has 0 bridgehead atoms. The Morgan fingerprint density at radius 2 is 1.79 bits per heavy atom. The van der Waals surface area contributed by atoms with Crippen LogP contribution in [0.25, 0.3) is 0 Å². The Morgan fingerprint density at radius 1 is 1.07 bits per heavy atom. The Hall–Kier alpha value is -2.58. The minimum absolute atomic E-state index is 0.0935. The fourth-order valence-corrected chi connectivity index (χ4v) is 3.55. The van der Waals surface area contributed by atoms with Crippen molar-refractivity contribution in [1.29, 1.82) is 0 Å². The average molecular weight is 425 g/mol. The summed E-state index contributed by atoms with van der Waals surface area (Å²) in [5.74, 6) is -0.771. The van der Waals surface area contributed by atoms with E-state index < -0.39 is 21.8 Å². The van der Waals surface area contributed by atoms with E-state index in [-0.39, 0.29) is 17.4 Å². The summed E-state index contributed by atoms with van der Waals surface area (Å²) in [6.07, 6.45) is -0.244. The van der Waals surface area contributed by atoms with Gasteiger partial charge in [0.05, 0.1) is 11.5 Å². The molecular weight excluding hydrogens is 404 g/mol. The highest BCUT2D eigenvalue weighted by atomic mass is 35.5. The van der Waals surface area contributed by atoms with Crippen LogP contribution in [0.5, 0.6) is 0 Å². The maximum Gasteiger partial charge on any atom is 0.407 e. The van der Waals surface area contributed by atoms with E-state index in [0.717, 1.165) is 5.56 Å². The number of amides is 2. The lowest BCUT2D eigenvalue weighted by molar-refractivity contribution is 0.0954. The third-order valence-electron chi connectivity index (χ3n) is 3.75. The van der Waals surface area contributed by atoms with Crippen molar-refractivity contribution in [3.05, 3.63) is 64.7 Å². The van der Waals surface area contributed by atoms with E-state index in [4.69, 9.17) is 11.6 Å². The molecule has 0 atom stereocenters. The van der Waals surface area contributed by atoms with Crippen molar-refractivity contribution in [2.24, 2.45) is 0 Å². The van der Waals surface area contributed by atoms with Crippen LogP contribution in [0, 0.1) is 0 Å². The Kier molecular flexibility index (Phi) is 7.83. The molecular formula is C19H21ClN2O5S. The number of sulfone groups is 1. The van der Waals surface area contributed by atoms with Crippen LogP contribution in [0.3, 0.4) is 0 Å². The molecule has 0 aliphatic rings. The van der Waals surface area contributed by atoms with Crippen LogP contribution in [-0.4, -0.2) is 39.4 Å². The first-order valence-corrected chi connectivity index (χ1v) is 10.6. The number of hydrogen-bond donors (Lipinski definition) is 2. The summed E-state index contributed by atoms with van der Waals surface area (Å²) in [4.78, 5) is 23.4. The van der Waals surface area contributed by atoms with Gasteiger partial charge in [0.25, 0.3) is 5.91 Å². The molecule has 0 unspecified atom stereocenters. The molecule has 9 heteroatoms. The molecule has 0 aliphatic carbocycles. The molecule has 2 aromatic rings. The van der Waals surface area contributed by atoms with Crippen molar-refractivity contribution in [3.63, 3.8) is 0 Å². The number of carbonyl (C=O) groups is 2. The summed E-state index contributed by atoms with van der Waals surface area (Å²) in [5, 5.41) is 5.47. The molecule has 150 valence electrons. The van der Waals surface area contributed by atoms with Crippen LogP contribution in [0.1, 0.15) is 22.8 Å². The zero-order valence-corrected chi connectivity index (χ0v) is 16.8. The van der Waals surface area contributed by atoms with E-state index in [1.807, 2.05) is 0 Å². The first kappa shape index (κ1) is 21.7. The zero-order chi connectivity index (χ0) is 20.6. The molecule has 2 rings (SSSR count). The van der Waals surface area contributed by atoms with Crippen molar-refractivity contribution in [1.82, 2.24) is 10.6 Å². The second-order valence-corrected chi connectivity index (χ2v) is 8.24. The lowest BCUT2D eigenvalue weighted by Crippen LogP contribution is -2.30. The van der Waals surface area contributed by atoms with E-state index in [1.54, 1.807) is 43.3 Å². The fourth-order valence-electron chi connectivity index (χ4n) is 2.34. The third kappa shape index (κ3) is 6.54. The van der Waals surface area contributed by atoms with Crippen LogP contribution >= 0.6 is 11.6 Å². The number of hydrogen-bond acceptors (Lipinski definition) is 5. The number of halogens is 1. The van der Waals surface area contributed by atoms with Crippen molar-refractivity contribution in [2.45, 2.75) is 18.2 Å². The minimum atomic E-state index is -3.66. The van der Waals surface area contributed by atoms with Gasteiger partial charge in [0, 0.05) is 17.1 Å². The largest absolute Gasteiger partial charge is 0.450 e. The second-order valence-electron chi connectivity index (χ2n) is 5.82. The molecule has 2 amide bonds. The van der Waals surface area contributed by atoms with E-state index in [1.165, 1.54) is 12.1 Å². The Bertz CT molecular complexity index is 930. The summed E-state index contributed by atoms with van der Waals surface area (Å²) in [6.45, 7) is 2.18. The molecule has 28 heavy (non-hydrogen) atoms. The first-order valence-electron chi connectivity index (χ1n) is 8.58. The molecule has 2 N–H and O–H groups in total. The molecule has 0 spiro atoms. The second kappa shape index (κ2) is 10.1. The number of alkyl carbamates (subject to hydrolysis) is 1. The van der Waals surface area contributed by atoms with E-state index in [0.29, 0.717) is 23.6 Å². The Balaban J connectivity index is 1.86. The lowest BCUT2D eigenvalue weighted by Gasteiger charge is -2.08. The third-order valence-corrected chi connectivity index (χ3v) is 5.50. The SMILES string of the molecule is CCOC(=O)NCS(=O)(=O)c1ccc(CCNC(=O)c2cccc(Cl)c2)cc1. The van der Waals surface area contributed by atoms with Gasteiger partial charge in [-0.05, 0) is 49.2 Å². The molecule has 0 fully saturated rings. The van der Waals surface area contributed by atoms with E-state index in [2.05, 4.69) is 15.4 Å². The number of rotatable bonds is 8. The fraction of sp³-hybridized carbons (Fsp3) is 0.263. The molecule has 0 aliphatic heterocycles. The predicted molar refractivity (Wildman–Crippen MR) is 106 cm³/mol. The molecule has 2 aromatic carbocycles. The van der Waals surface area contributed by atoms with Gasteiger partial charge in [0.2, 0.25) is 0 Å². The quantitative estimate of drug-likeness (QED) is 0.678. The van der Waals surface area contributed by atoms with Gasteiger partial charge in [-0.2, -0.15) is 0 Å². The monoisotopic (exact) mass is 424 g/mol. The average Bonchev–Trinajstić information content (AvgIpc) is 2.67. The molecule has 0 aromatic heterocycles. The van der Waals surface area contributed by atoms with Gasteiger partial charge >= 0.3 is 6.09 Å². The van der Waals surface area contributed by atoms with Crippen LogP contribution in [0.4, 0.5) is 4.79 Å². The smallest absolute Gasteiger partial charge is 0.407 e. The Morgan fingerprint density at radius 3 is 2.43 bits per heavy atom. The van der Waals surface area contributed by atoms with Gasteiger partial charge in [-0.15, -0.1) is 0 Å². The van der Waals surface area contributed by atoms with Crippen LogP contribution < -0.4 is 10.6 Å². The van der Waals surface area contributed by atoms with Crippen molar-refractivity contribution in [3.8, 4) is 0 Å². The number of carbonyl (C=O) groups excluding carboxylic acids is 2. The van der Waals surface area contributed by atoms with Crippen LogP contribution in [-0.2, 0) is 21.0 Å². The zero-order valence-electron chi connectivity index (χ0n) is 15.3. The topological polar surface area (TPSA) is 102 Å². The lowest BCUT2D eigenvalue weighted by atomic mass is 10.1. The first-order chi connectivity index (χ1) is 13.3. The Labute approximate surface area is 169 Å². The standard InChI is InChI=1S/C19H21ClN2O5S/c1-2-27-19(24)22-13-28(25,26)17-8-6-14(7-9-17)10-11-21-18(23)15-4-3-5-16(20)12-15/h3-9,12H,2,10-11,13H2,1H3,(H,21,23)(H,22,24). The van der Waals surface area contributed by atoms with Crippen LogP contribution in [0.2, 0.25) is 5.02 Å². The van der Waals surface area contributed by atoms with Crippen molar-refractivity contribution < 1.29 is 22.7 Å². The maximum absolute atomic E-state index is 12.2. The highest BCUT2D eigenvalue weighted by molar-refractivity contribution is 7.91. The molecule has 7 nitrogen and oxygen atoms in total. The van der Waals surface area contributed by atoms with Crippen molar-refractivity contribution >= 4 is 33.4 Å². The summed E-state index contributed by atoms with van der Waals surface area (Å²) < 4.78 is 29.0. The van der Waals surface area contributed by atoms with Crippen LogP contribution in [0.15, 0.2) is 53.4 Å². The number of ether oxygens (including phenoxy) is 1. The van der Waals surface area contributed by atoms with Crippen molar-refractivity contribution in [2.75, 3.05) is 19.0 Å². The number of benzene rings is 2. The minimum Gasteiger partial charge on any atom is -0.450 e. The highest BCUT2D eigenvalue weighted by Gasteiger charge is 2.16. The predicted octanol–water partition coefficient (Wildman–Crippen LogP) is 2.79. The van der Waals surface area contributed by atoms with Gasteiger partial charge in [-0.3, -0.25) is 4.79 Å². The summed E-state index contributed by atoms with van der Waals surface area (Å²) in [7, 11) is -3.66. The van der Waals surface area contributed by atoms with E-state index >= 15 is 0 Å². The van der Waals surface area contributed by atoms with Gasteiger partial charge in [0.1, 0.15) is 5.88 Å². The molecule has 0 heterocycles. The molecule has 0 saturated carbocycles. The number of nitrogens with one attached hydrogen (secondary N) is 2. The summed E-state index contributed by atoms with van der Waals surface area (Å²) in [6, 6.07) is 12.9. The maximum atomic E-state index is 12.2. The van der Waals surface area contributed by atoms with Gasteiger partial charge < -0.3 is 15.4 Å². The normalized spacial score (nSPS) is 10.9. The van der Waals surface area contributed by atoms with Gasteiger partial charge in [-0.1, -0.05) is 29.8 Å². The van der Waals surface area contributed by atoms with E-state index in [9.17, 15) is 18.0 Å². The van der Waals surface area contributed by atoms with Gasteiger partial charge in [-0.25, -0.2) is 13.2 Å². The summed E-state index contributed by atoms with van der Waals surface area (Å²) >= 11 is 5.87. The summed E-state index contributed by atoms with van der Waals surface area (Å²) in [5.41, 5.74) is 1.34. The molecule has 0 saturated heterocycles. The highest BCUT2D eigenvalue weighted by Crippen LogP contribution is 2.13.